The summed E-state index contributed by atoms with van der Waals surface area (Å²) in [7, 11) is 0. The number of halogens is 1. The van der Waals surface area contributed by atoms with Crippen LogP contribution in [0.5, 0.6) is 0 Å². The van der Waals surface area contributed by atoms with E-state index >= 15 is 0 Å². The normalized spacial score (nSPS) is 17.5. The van der Waals surface area contributed by atoms with Gasteiger partial charge in [0.2, 0.25) is 0 Å². The van der Waals surface area contributed by atoms with Gasteiger partial charge in [-0.3, -0.25) is 9.98 Å². The largest absolute Gasteiger partial charge is 0.289 e. The lowest BCUT2D eigenvalue weighted by molar-refractivity contribution is 0.787. The SMILES string of the molecule is CCCC/N=C1\CCCc2c(Br)cncc21. The summed E-state index contributed by atoms with van der Waals surface area (Å²) in [4.78, 5) is 8.96. The Morgan fingerprint density at radius 2 is 2.25 bits per heavy atom. The number of fused-ring (bicyclic) bond motifs is 1. The first-order valence-electron chi connectivity index (χ1n) is 5.99. The molecule has 1 heterocycles. The first-order valence-corrected chi connectivity index (χ1v) is 6.78. The van der Waals surface area contributed by atoms with Gasteiger partial charge in [-0.25, -0.2) is 0 Å². The summed E-state index contributed by atoms with van der Waals surface area (Å²) in [6.45, 7) is 3.16. The van der Waals surface area contributed by atoms with Gasteiger partial charge in [-0.05, 0) is 47.2 Å². The van der Waals surface area contributed by atoms with Crippen LogP contribution < -0.4 is 0 Å². The molecule has 2 rings (SSSR count). The van der Waals surface area contributed by atoms with Crippen LogP contribution >= 0.6 is 15.9 Å². The van der Waals surface area contributed by atoms with Gasteiger partial charge in [-0.15, -0.1) is 0 Å². The van der Waals surface area contributed by atoms with Gasteiger partial charge in [-0.2, -0.15) is 0 Å². The first kappa shape index (κ1) is 11.8. The molecule has 0 spiro atoms. The van der Waals surface area contributed by atoms with Gasteiger partial charge in [0.05, 0.1) is 0 Å². The van der Waals surface area contributed by atoms with Crippen LogP contribution in [0.4, 0.5) is 0 Å². The Labute approximate surface area is 105 Å². The summed E-state index contributed by atoms with van der Waals surface area (Å²) in [6, 6.07) is 0. The van der Waals surface area contributed by atoms with Crippen molar-refractivity contribution in [2.45, 2.75) is 39.0 Å². The van der Waals surface area contributed by atoms with Crippen molar-refractivity contribution in [1.82, 2.24) is 4.98 Å². The minimum Gasteiger partial charge on any atom is -0.289 e. The summed E-state index contributed by atoms with van der Waals surface area (Å²) < 4.78 is 1.13. The zero-order valence-corrected chi connectivity index (χ0v) is 11.3. The number of hydrogen-bond acceptors (Lipinski definition) is 2. The molecular weight excluding hydrogens is 264 g/mol. The predicted molar refractivity (Wildman–Crippen MR) is 71.2 cm³/mol. The fraction of sp³-hybridized carbons (Fsp3) is 0.538. The second-order valence-electron chi connectivity index (χ2n) is 4.18. The molecule has 16 heavy (non-hydrogen) atoms. The zero-order valence-electron chi connectivity index (χ0n) is 9.67. The van der Waals surface area contributed by atoms with Crippen molar-refractivity contribution in [2.24, 2.45) is 4.99 Å². The molecule has 0 saturated heterocycles. The maximum Gasteiger partial charge on any atom is 0.0439 e. The Hall–Kier alpha value is -0.700. The number of pyridine rings is 1. The number of aromatic nitrogens is 1. The van der Waals surface area contributed by atoms with Crippen molar-refractivity contribution in [3.05, 3.63) is 28.0 Å². The average Bonchev–Trinajstić information content (AvgIpc) is 2.31. The lowest BCUT2D eigenvalue weighted by Gasteiger charge is -2.18. The topological polar surface area (TPSA) is 25.2 Å². The van der Waals surface area contributed by atoms with Crippen LogP contribution in [0.25, 0.3) is 0 Å². The van der Waals surface area contributed by atoms with Crippen molar-refractivity contribution in [3.63, 3.8) is 0 Å². The minimum atomic E-state index is 0.956. The van der Waals surface area contributed by atoms with Gasteiger partial charge in [-0.1, -0.05) is 13.3 Å². The van der Waals surface area contributed by atoms with Crippen molar-refractivity contribution in [1.29, 1.82) is 0 Å². The van der Waals surface area contributed by atoms with E-state index in [-0.39, 0.29) is 0 Å². The standard InChI is InChI=1S/C13H17BrN2/c1-2-3-7-16-13-6-4-5-10-11(13)8-15-9-12(10)14/h8-9H,2-7H2,1H3/b16-13+. The van der Waals surface area contributed by atoms with Crippen LogP contribution in [-0.2, 0) is 6.42 Å². The van der Waals surface area contributed by atoms with Crippen molar-refractivity contribution < 1.29 is 0 Å². The van der Waals surface area contributed by atoms with E-state index in [1.807, 2.05) is 12.4 Å². The highest BCUT2D eigenvalue weighted by Crippen LogP contribution is 2.27. The Bertz CT molecular complexity index is 399. The lowest BCUT2D eigenvalue weighted by Crippen LogP contribution is -2.13. The smallest absolute Gasteiger partial charge is 0.0439 e. The minimum absolute atomic E-state index is 0.956. The summed E-state index contributed by atoms with van der Waals surface area (Å²) in [5, 5.41) is 0. The summed E-state index contributed by atoms with van der Waals surface area (Å²) >= 11 is 3.57. The van der Waals surface area contributed by atoms with Crippen LogP contribution in [0.15, 0.2) is 21.9 Å². The van der Waals surface area contributed by atoms with Gasteiger partial charge in [0.15, 0.2) is 0 Å². The zero-order chi connectivity index (χ0) is 11.4. The first-order chi connectivity index (χ1) is 7.83. The quantitative estimate of drug-likeness (QED) is 0.774. The highest BCUT2D eigenvalue weighted by Gasteiger charge is 2.17. The van der Waals surface area contributed by atoms with Gasteiger partial charge in [0.25, 0.3) is 0 Å². The van der Waals surface area contributed by atoms with Gasteiger partial charge < -0.3 is 0 Å². The maximum absolute atomic E-state index is 4.71. The molecule has 0 amide bonds. The Morgan fingerprint density at radius 1 is 1.38 bits per heavy atom. The molecule has 1 aliphatic rings. The van der Waals surface area contributed by atoms with E-state index in [1.165, 1.54) is 36.1 Å². The monoisotopic (exact) mass is 280 g/mol. The van der Waals surface area contributed by atoms with E-state index in [0.717, 1.165) is 23.9 Å². The number of hydrogen-bond donors (Lipinski definition) is 0. The molecular formula is C13H17BrN2. The molecule has 1 aliphatic carbocycles. The lowest BCUT2D eigenvalue weighted by atomic mass is 9.91. The second-order valence-corrected chi connectivity index (χ2v) is 5.04. The fourth-order valence-corrected chi connectivity index (χ4v) is 2.60. The van der Waals surface area contributed by atoms with Gasteiger partial charge in [0, 0.05) is 34.7 Å². The highest BCUT2D eigenvalue weighted by atomic mass is 79.9. The molecule has 1 aromatic rings. The van der Waals surface area contributed by atoms with Crippen molar-refractivity contribution in [3.8, 4) is 0 Å². The number of nitrogens with zero attached hydrogens (tertiary/aromatic N) is 2. The van der Waals surface area contributed by atoms with Crippen LogP contribution in [0.2, 0.25) is 0 Å². The van der Waals surface area contributed by atoms with Crippen LogP contribution in [0.1, 0.15) is 43.7 Å². The third-order valence-electron chi connectivity index (χ3n) is 2.97. The van der Waals surface area contributed by atoms with Crippen LogP contribution in [-0.4, -0.2) is 17.2 Å². The van der Waals surface area contributed by atoms with E-state index in [1.54, 1.807) is 0 Å². The molecule has 86 valence electrons. The maximum atomic E-state index is 4.71. The molecule has 0 aliphatic heterocycles. The Kier molecular flexibility index (Phi) is 4.10. The molecule has 0 N–H and O–H groups in total. The van der Waals surface area contributed by atoms with Gasteiger partial charge in [0.1, 0.15) is 0 Å². The predicted octanol–water partition coefficient (Wildman–Crippen LogP) is 3.77. The van der Waals surface area contributed by atoms with E-state index in [4.69, 9.17) is 4.99 Å². The second kappa shape index (κ2) is 5.58. The molecule has 0 aromatic carbocycles. The van der Waals surface area contributed by atoms with E-state index in [2.05, 4.69) is 27.8 Å². The van der Waals surface area contributed by atoms with Gasteiger partial charge >= 0.3 is 0 Å². The Morgan fingerprint density at radius 3 is 3.06 bits per heavy atom. The molecule has 0 radical (unpaired) electrons. The van der Waals surface area contributed by atoms with Crippen LogP contribution in [0.3, 0.4) is 0 Å². The molecule has 0 fully saturated rings. The summed E-state index contributed by atoms with van der Waals surface area (Å²) in [5.41, 5.74) is 3.90. The van der Waals surface area contributed by atoms with Crippen molar-refractivity contribution in [2.75, 3.05) is 6.54 Å². The Balaban J connectivity index is 2.26. The molecule has 2 nitrogen and oxygen atoms in total. The molecule has 0 saturated carbocycles. The average molecular weight is 281 g/mol. The number of unbranched alkanes of at least 4 members (excludes halogenated alkanes) is 1. The summed E-state index contributed by atoms with van der Waals surface area (Å²) in [6.07, 6.45) is 9.69. The molecule has 3 heteroatoms. The fourth-order valence-electron chi connectivity index (χ4n) is 2.07. The highest BCUT2D eigenvalue weighted by molar-refractivity contribution is 9.10. The number of aliphatic imine (C=N–C) groups is 1. The van der Waals surface area contributed by atoms with Crippen LogP contribution in [0, 0.1) is 0 Å². The van der Waals surface area contributed by atoms with Crippen molar-refractivity contribution >= 4 is 21.6 Å². The molecule has 0 atom stereocenters. The van der Waals surface area contributed by atoms with E-state index < -0.39 is 0 Å². The molecule has 1 aromatic heterocycles. The number of rotatable bonds is 3. The third kappa shape index (κ3) is 2.51. The van der Waals surface area contributed by atoms with E-state index in [0.29, 0.717) is 0 Å². The molecule has 0 bridgehead atoms. The van der Waals surface area contributed by atoms with E-state index in [9.17, 15) is 0 Å². The third-order valence-corrected chi connectivity index (χ3v) is 3.65. The molecule has 0 unspecified atom stereocenters. The summed E-state index contributed by atoms with van der Waals surface area (Å²) in [5.74, 6) is 0.